The van der Waals surface area contributed by atoms with Crippen molar-refractivity contribution in [3.8, 4) is 0 Å². The molecule has 1 heteroatoms. The van der Waals surface area contributed by atoms with E-state index in [-0.39, 0.29) is 0 Å². The molecule has 2 aliphatic rings. The van der Waals surface area contributed by atoms with Crippen LogP contribution in [-0.2, 0) is 0 Å². The molecule has 0 radical (unpaired) electrons. The first kappa shape index (κ1) is 9.51. The van der Waals surface area contributed by atoms with Crippen LogP contribution in [0.25, 0.3) is 0 Å². The lowest BCUT2D eigenvalue weighted by atomic mass is 9.83. The van der Waals surface area contributed by atoms with Crippen LogP contribution in [0.1, 0.15) is 46.5 Å². The number of hydrogen-bond acceptors (Lipinski definition) is 1. The maximum Gasteiger partial charge on any atom is 0.0215 e. The van der Waals surface area contributed by atoms with E-state index in [1.165, 1.54) is 38.8 Å². The minimum absolute atomic E-state index is 0.633. The topological polar surface area (TPSA) is 3.24 Å². The van der Waals surface area contributed by atoms with Gasteiger partial charge < -0.3 is 0 Å². The second kappa shape index (κ2) is 3.27. The van der Waals surface area contributed by atoms with Crippen LogP contribution in [0, 0.1) is 11.8 Å². The second-order valence-corrected chi connectivity index (χ2v) is 5.68. The van der Waals surface area contributed by atoms with E-state index in [4.69, 9.17) is 0 Å². The highest BCUT2D eigenvalue weighted by Gasteiger charge is 2.46. The van der Waals surface area contributed by atoms with Gasteiger partial charge in [-0.15, -0.1) is 0 Å². The molecule has 0 aromatic rings. The number of hydrogen-bond donors (Lipinski definition) is 0. The molecule has 2 saturated heterocycles. The maximum absolute atomic E-state index is 2.78. The Labute approximate surface area is 82.5 Å². The summed E-state index contributed by atoms with van der Waals surface area (Å²) >= 11 is 0. The summed E-state index contributed by atoms with van der Waals surface area (Å²) in [4.78, 5) is 2.78. The van der Waals surface area contributed by atoms with E-state index in [9.17, 15) is 0 Å². The Bertz CT molecular complexity index is 188. The van der Waals surface area contributed by atoms with Crippen molar-refractivity contribution in [3.63, 3.8) is 0 Å². The minimum atomic E-state index is 0.633. The standard InChI is InChI=1S/C12H23N/c1-10(2)7-12-5-4-6-13(12)9-11(3)8-12/h10-11H,4-9H2,1-3H3/t11-,12-/m1/s1. The molecule has 0 bridgehead atoms. The molecule has 2 atom stereocenters. The van der Waals surface area contributed by atoms with Gasteiger partial charge >= 0.3 is 0 Å². The largest absolute Gasteiger partial charge is 0.297 e. The summed E-state index contributed by atoms with van der Waals surface area (Å²) in [6.07, 6.45) is 5.80. The van der Waals surface area contributed by atoms with Crippen LogP contribution in [0.3, 0.4) is 0 Å². The Balaban J connectivity index is 2.09. The second-order valence-electron chi connectivity index (χ2n) is 5.68. The van der Waals surface area contributed by atoms with E-state index >= 15 is 0 Å². The summed E-state index contributed by atoms with van der Waals surface area (Å²) in [6.45, 7) is 9.90. The van der Waals surface area contributed by atoms with Crippen LogP contribution < -0.4 is 0 Å². The molecule has 1 nitrogen and oxygen atoms in total. The predicted molar refractivity (Wildman–Crippen MR) is 56.8 cm³/mol. The predicted octanol–water partition coefficient (Wildman–Crippen LogP) is 2.91. The van der Waals surface area contributed by atoms with Gasteiger partial charge in [-0.3, -0.25) is 4.90 Å². The number of fused-ring (bicyclic) bond motifs is 1. The Morgan fingerprint density at radius 1 is 1.46 bits per heavy atom. The Hall–Kier alpha value is -0.0400. The lowest BCUT2D eigenvalue weighted by Gasteiger charge is -2.33. The average Bonchev–Trinajstić information content (AvgIpc) is 2.40. The summed E-state index contributed by atoms with van der Waals surface area (Å²) in [5.74, 6) is 1.81. The summed E-state index contributed by atoms with van der Waals surface area (Å²) < 4.78 is 0. The lowest BCUT2D eigenvalue weighted by molar-refractivity contribution is 0.163. The van der Waals surface area contributed by atoms with Gasteiger partial charge in [-0.25, -0.2) is 0 Å². The number of nitrogens with zero attached hydrogens (tertiary/aromatic N) is 1. The van der Waals surface area contributed by atoms with Crippen LogP contribution in [0.4, 0.5) is 0 Å². The molecular weight excluding hydrogens is 158 g/mol. The summed E-state index contributed by atoms with van der Waals surface area (Å²) in [5, 5.41) is 0. The third-order valence-corrected chi connectivity index (χ3v) is 3.79. The van der Waals surface area contributed by atoms with Crippen molar-refractivity contribution < 1.29 is 0 Å². The van der Waals surface area contributed by atoms with Crippen molar-refractivity contribution in [1.82, 2.24) is 4.90 Å². The Morgan fingerprint density at radius 2 is 2.23 bits per heavy atom. The molecule has 2 aliphatic heterocycles. The van der Waals surface area contributed by atoms with Gasteiger partial charge in [-0.1, -0.05) is 20.8 Å². The zero-order valence-corrected chi connectivity index (χ0v) is 9.34. The van der Waals surface area contributed by atoms with E-state index in [1.807, 2.05) is 0 Å². The van der Waals surface area contributed by atoms with Crippen LogP contribution in [0.15, 0.2) is 0 Å². The molecule has 0 saturated carbocycles. The molecule has 0 aromatic heterocycles. The highest BCUT2D eigenvalue weighted by molar-refractivity contribution is 5.02. The molecule has 2 rings (SSSR count). The van der Waals surface area contributed by atoms with Crippen molar-refractivity contribution in [1.29, 1.82) is 0 Å². The smallest absolute Gasteiger partial charge is 0.0215 e. The van der Waals surface area contributed by atoms with Gasteiger partial charge in [0.1, 0.15) is 0 Å². The summed E-state index contributed by atoms with van der Waals surface area (Å²) in [7, 11) is 0. The van der Waals surface area contributed by atoms with Gasteiger partial charge in [0.25, 0.3) is 0 Å². The van der Waals surface area contributed by atoms with Crippen LogP contribution >= 0.6 is 0 Å². The van der Waals surface area contributed by atoms with E-state index < -0.39 is 0 Å². The molecule has 0 aliphatic carbocycles. The van der Waals surface area contributed by atoms with E-state index in [1.54, 1.807) is 0 Å². The van der Waals surface area contributed by atoms with E-state index in [0.717, 1.165) is 11.8 Å². The molecule has 13 heavy (non-hydrogen) atoms. The minimum Gasteiger partial charge on any atom is -0.297 e. The normalized spacial score (nSPS) is 40.2. The SMILES string of the molecule is CC(C)C[C@@]12CCCN1C[C@H](C)C2. The highest BCUT2D eigenvalue weighted by Crippen LogP contribution is 2.45. The number of rotatable bonds is 2. The first-order chi connectivity index (χ1) is 6.12. The van der Waals surface area contributed by atoms with Gasteiger partial charge in [0.15, 0.2) is 0 Å². The third-order valence-electron chi connectivity index (χ3n) is 3.79. The van der Waals surface area contributed by atoms with Crippen molar-refractivity contribution in [3.05, 3.63) is 0 Å². The fraction of sp³-hybridized carbons (Fsp3) is 1.00. The average molecular weight is 181 g/mol. The van der Waals surface area contributed by atoms with E-state index in [2.05, 4.69) is 25.7 Å². The van der Waals surface area contributed by atoms with Gasteiger partial charge in [0.2, 0.25) is 0 Å². The molecular formula is C12H23N. The fourth-order valence-corrected chi connectivity index (χ4v) is 3.67. The molecule has 0 aromatic carbocycles. The zero-order chi connectivity index (χ0) is 9.47. The Kier molecular flexibility index (Phi) is 2.39. The molecule has 0 spiro atoms. The van der Waals surface area contributed by atoms with Gasteiger partial charge in [0, 0.05) is 12.1 Å². The summed E-state index contributed by atoms with van der Waals surface area (Å²) in [6, 6.07) is 0. The molecule has 0 amide bonds. The van der Waals surface area contributed by atoms with Crippen LogP contribution in [0.5, 0.6) is 0 Å². The van der Waals surface area contributed by atoms with Crippen molar-refractivity contribution in [2.45, 2.75) is 52.0 Å². The zero-order valence-electron chi connectivity index (χ0n) is 9.34. The van der Waals surface area contributed by atoms with Crippen molar-refractivity contribution in [2.24, 2.45) is 11.8 Å². The van der Waals surface area contributed by atoms with E-state index in [0.29, 0.717) is 5.54 Å². The molecule has 76 valence electrons. The Morgan fingerprint density at radius 3 is 2.92 bits per heavy atom. The molecule has 2 fully saturated rings. The first-order valence-corrected chi connectivity index (χ1v) is 5.87. The van der Waals surface area contributed by atoms with Gasteiger partial charge in [-0.2, -0.15) is 0 Å². The van der Waals surface area contributed by atoms with Gasteiger partial charge in [0.05, 0.1) is 0 Å². The highest BCUT2D eigenvalue weighted by atomic mass is 15.2. The summed E-state index contributed by atoms with van der Waals surface area (Å²) in [5.41, 5.74) is 0.633. The maximum atomic E-state index is 2.78. The van der Waals surface area contributed by atoms with Crippen LogP contribution in [-0.4, -0.2) is 23.5 Å². The van der Waals surface area contributed by atoms with Crippen molar-refractivity contribution in [2.75, 3.05) is 13.1 Å². The van der Waals surface area contributed by atoms with Gasteiger partial charge in [-0.05, 0) is 44.1 Å². The lowest BCUT2D eigenvalue weighted by Crippen LogP contribution is -2.39. The quantitative estimate of drug-likeness (QED) is 0.633. The van der Waals surface area contributed by atoms with Crippen LogP contribution in [0.2, 0.25) is 0 Å². The third kappa shape index (κ3) is 1.63. The molecule has 2 heterocycles. The first-order valence-electron chi connectivity index (χ1n) is 5.87. The monoisotopic (exact) mass is 181 g/mol. The molecule has 0 N–H and O–H groups in total. The van der Waals surface area contributed by atoms with Crippen molar-refractivity contribution >= 4 is 0 Å². The fourth-order valence-electron chi connectivity index (χ4n) is 3.67. The molecule has 0 unspecified atom stereocenters.